The Balaban J connectivity index is 2.76. The van der Waals surface area contributed by atoms with Crippen LogP contribution in [0.5, 0.6) is 0 Å². The molecule has 1 aliphatic heterocycles. The minimum atomic E-state index is -0.178. The lowest BCUT2D eigenvalue weighted by Gasteiger charge is -2.04. The molecule has 1 aromatic carbocycles. The molecule has 78 valence electrons. The van der Waals surface area contributed by atoms with Crippen molar-refractivity contribution in [1.82, 2.24) is 4.90 Å². The first-order valence-corrected chi connectivity index (χ1v) is 5.02. The van der Waals surface area contributed by atoms with E-state index in [-0.39, 0.29) is 11.8 Å². The highest BCUT2D eigenvalue weighted by Crippen LogP contribution is 2.28. The second-order valence-electron chi connectivity index (χ2n) is 3.81. The van der Waals surface area contributed by atoms with Crippen LogP contribution >= 0.6 is 0 Å². The summed E-state index contributed by atoms with van der Waals surface area (Å²) in [6, 6.07) is 3.83. The van der Waals surface area contributed by atoms with E-state index in [9.17, 15) is 9.59 Å². The Bertz CT molecular complexity index is 463. The van der Waals surface area contributed by atoms with Crippen molar-refractivity contribution < 1.29 is 9.59 Å². The predicted molar refractivity (Wildman–Crippen MR) is 57.0 cm³/mol. The van der Waals surface area contributed by atoms with Gasteiger partial charge in [-0.2, -0.15) is 0 Å². The highest BCUT2D eigenvalue weighted by Gasteiger charge is 2.35. The molecule has 0 fully saturated rings. The molecule has 1 heterocycles. The van der Waals surface area contributed by atoms with Crippen molar-refractivity contribution in [2.75, 3.05) is 7.05 Å². The van der Waals surface area contributed by atoms with Crippen LogP contribution in [0.4, 0.5) is 0 Å². The van der Waals surface area contributed by atoms with E-state index in [0.717, 1.165) is 17.5 Å². The average Bonchev–Trinajstić information content (AvgIpc) is 2.46. The molecular weight excluding hydrogens is 190 g/mol. The summed E-state index contributed by atoms with van der Waals surface area (Å²) in [5, 5.41) is 0. The number of amides is 2. The molecular formula is C12H13NO2. The summed E-state index contributed by atoms with van der Waals surface area (Å²) in [6.45, 7) is 3.85. The maximum absolute atomic E-state index is 11.8. The molecule has 0 radical (unpaired) electrons. The van der Waals surface area contributed by atoms with Gasteiger partial charge in [0.05, 0.1) is 11.1 Å². The van der Waals surface area contributed by atoms with Crippen LogP contribution in [0, 0.1) is 6.92 Å². The maximum Gasteiger partial charge on any atom is 0.261 e. The number of aryl methyl sites for hydroxylation is 2. The minimum Gasteiger partial charge on any atom is -0.277 e. The van der Waals surface area contributed by atoms with E-state index in [1.54, 1.807) is 0 Å². The third-order valence-electron chi connectivity index (χ3n) is 2.92. The molecule has 0 saturated carbocycles. The number of hydrogen-bond acceptors (Lipinski definition) is 2. The quantitative estimate of drug-likeness (QED) is 0.652. The molecule has 15 heavy (non-hydrogen) atoms. The van der Waals surface area contributed by atoms with E-state index >= 15 is 0 Å². The number of rotatable bonds is 1. The van der Waals surface area contributed by atoms with Crippen LogP contribution in [0.1, 0.15) is 38.8 Å². The smallest absolute Gasteiger partial charge is 0.261 e. The van der Waals surface area contributed by atoms with Crippen molar-refractivity contribution in [2.24, 2.45) is 0 Å². The summed E-state index contributed by atoms with van der Waals surface area (Å²) in [5.41, 5.74) is 3.02. The Hall–Kier alpha value is -1.64. The standard InChI is InChI=1S/C12H13NO2/c1-4-8-6-5-7(2)9-10(8)12(15)13(3)11(9)14/h5-6H,4H2,1-3H3. The van der Waals surface area contributed by atoms with Gasteiger partial charge in [0, 0.05) is 7.05 Å². The molecule has 0 atom stereocenters. The summed E-state index contributed by atoms with van der Waals surface area (Å²) >= 11 is 0. The van der Waals surface area contributed by atoms with E-state index < -0.39 is 0 Å². The summed E-state index contributed by atoms with van der Waals surface area (Å²) < 4.78 is 0. The Morgan fingerprint density at radius 1 is 1.13 bits per heavy atom. The molecule has 1 aliphatic rings. The van der Waals surface area contributed by atoms with Gasteiger partial charge in [-0.15, -0.1) is 0 Å². The lowest BCUT2D eigenvalue weighted by Crippen LogP contribution is -2.24. The monoisotopic (exact) mass is 203 g/mol. The summed E-state index contributed by atoms with van der Waals surface area (Å²) in [6.07, 6.45) is 0.773. The van der Waals surface area contributed by atoms with Crippen LogP contribution in [0.15, 0.2) is 12.1 Å². The molecule has 0 unspecified atom stereocenters. The van der Waals surface area contributed by atoms with Gasteiger partial charge in [0.2, 0.25) is 0 Å². The first kappa shape index (κ1) is 9.90. The average molecular weight is 203 g/mol. The predicted octanol–water partition coefficient (Wildman–Crippen LogP) is 1.78. The van der Waals surface area contributed by atoms with Crippen LogP contribution in [-0.2, 0) is 6.42 Å². The number of imide groups is 1. The van der Waals surface area contributed by atoms with Gasteiger partial charge in [0.25, 0.3) is 11.8 Å². The Labute approximate surface area is 88.7 Å². The Morgan fingerprint density at radius 2 is 1.73 bits per heavy atom. The Morgan fingerprint density at radius 3 is 2.33 bits per heavy atom. The molecule has 0 spiro atoms. The maximum atomic E-state index is 11.8. The van der Waals surface area contributed by atoms with Crippen molar-refractivity contribution >= 4 is 11.8 Å². The van der Waals surface area contributed by atoms with E-state index in [0.29, 0.717) is 11.1 Å². The minimum absolute atomic E-state index is 0.171. The van der Waals surface area contributed by atoms with Gasteiger partial charge < -0.3 is 0 Å². The van der Waals surface area contributed by atoms with E-state index in [1.165, 1.54) is 11.9 Å². The fourth-order valence-electron chi connectivity index (χ4n) is 1.99. The van der Waals surface area contributed by atoms with Crippen molar-refractivity contribution in [3.63, 3.8) is 0 Å². The van der Waals surface area contributed by atoms with Gasteiger partial charge >= 0.3 is 0 Å². The number of carbonyl (C=O) groups excluding carboxylic acids is 2. The molecule has 2 amide bonds. The van der Waals surface area contributed by atoms with E-state index in [2.05, 4.69) is 0 Å². The molecule has 0 N–H and O–H groups in total. The van der Waals surface area contributed by atoms with Gasteiger partial charge in [-0.1, -0.05) is 19.1 Å². The third kappa shape index (κ3) is 1.19. The number of hydrogen-bond donors (Lipinski definition) is 0. The first-order chi connectivity index (χ1) is 7.07. The Kier molecular flexibility index (Phi) is 2.11. The first-order valence-electron chi connectivity index (χ1n) is 5.02. The largest absolute Gasteiger partial charge is 0.277 e. The molecule has 3 nitrogen and oxygen atoms in total. The second kappa shape index (κ2) is 3.19. The lowest BCUT2D eigenvalue weighted by molar-refractivity contribution is 0.0692. The van der Waals surface area contributed by atoms with Crippen molar-refractivity contribution in [1.29, 1.82) is 0 Å². The van der Waals surface area contributed by atoms with Crippen molar-refractivity contribution in [3.8, 4) is 0 Å². The fraction of sp³-hybridized carbons (Fsp3) is 0.333. The van der Waals surface area contributed by atoms with Crippen molar-refractivity contribution in [3.05, 3.63) is 34.4 Å². The van der Waals surface area contributed by atoms with Gasteiger partial charge in [-0.25, -0.2) is 0 Å². The van der Waals surface area contributed by atoms with E-state index in [1.807, 2.05) is 26.0 Å². The molecule has 0 bridgehead atoms. The van der Waals surface area contributed by atoms with Crippen LogP contribution in [-0.4, -0.2) is 23.8 Å². The van der Waals surface area contributed by atoms with E-state index in [4.69, 9.17) is 0 Å². The van der Waals surface area contributed by atoms with Gasteiger partial charge in [0.1, 0.15) is 0 Å². The van der Waals surface area contributed by atoms with Crippen LogP contribution < -0.4 is 0 Å². The van der Waals surface area contributed by atoms with Gasteiger partial charge in [-0.3, -0.25) is 14.5 Å². The molecule has 0 saturated heterocycles. The summed E-state index contributed by atoms with van der Waals surface area (Å²) in [7, 11) is 1.53. The van der Waals surface area contributed by atoms with Gasteiger partial charge in [-0.05, 0) is 24.5 Å². The van der Waals surface area contributed by atoms with Crippen molar-refractivity contribution in [2.45, 2.75) is 20.3 Å². The van der Waals surface area contributed by atoms with Crippen LogP contribution in [0.2, 0.25) is 0 Å². The molecule has 1 aromatic rings. The fourth-order valence-corrected chi connectivity index (χ4v) is 1.99. The molecule has 2 rings (SSSR count). The second-order valence-corrected chi connectivity index (χ2v) is 3.81. The van der Waals surface area contributed by atoms with Crippen LogP contribution in [0.25, 0.3) is 0 Å². The number of nitrogens with zero attached hydrogens (tertiary/aromatic N) is 1. The number of benzene rings is 1. The number of fused-ring (bicyclic) bond motifs is 1. The molecule has 3 heteroatoms. The zero-order valence-corrected chi connectivity index (χ0v) is 9.13. The summed E-state index contributed by atoms with van der Waals surface area (Å²) in [4.78, 5) is 24.8. The molecule has 0 aromatic heterocycles. The highest BCUT2D eigenvalue weighted by atomic mass is 16.2. The van der Waals surface area contributed by atoms with Crippen LogP contribution in [0.3, 0.4) is 0 Å². The molecule has 0 aliphatic carbocycles. The third-order valence-corrected chi connectivity index (χ3v) is 2.92. The lowest BCUT2D eigenvalue weighted by atomic mass is 9.97. The van der Waals surface area contributed by atoms with Gasteiger partial charge in [0.15, 0.2) is 0 Å². The highest BCUT2D eigenvalue weighted by molar-refractivity contribution is 6.22. The number of carbonyl (C=O) groups is 2. The zero-order chi connectivity index (χ0) is 11.2. The topological polar surface area (TPSA) is 37.4 Å². The summed E-state index contributed by atoms with van der Waals surface area (Å²) in [5.74, 6) is -0.349. The SMILES string of the molecule is CCc1ccc(C)c2c1C(=O)N(C)C2=O. The zero-order valence-electron chi connectivity index (χ0n) is 9.13. The normalized spacial score (nSPS) is 14.7.